The van der Waals surface area contributed by atoms with Crippen LogP contribution in [0.3, 0.4) is 0 Å². The Balaban J connectivity index is 1.38. The number of allylic oxidation sites excluding steroid dienone is 1. The lowest BCUT2D eigenvalue weighted by atomic mass is 9.97. The molecule has 5 nitrogen and oxygen atoms in total. The third-order valence-electron chi connectivity index (χ3n) is 4.75. The van der Waals surface area contributed by atoms with E-state index in [0.29, 0.717) is 19.1 Å². The van der Waals surface area contributed by atoms with Gasteiger partial charge in [0.2, 0.25) is 0 Å². The number of amidine groups is 1. The smallest absolute Gasteiger partial charge is 0.259 e. The van der Waals surface area contributed by atoms with Crippen LogP contribution in [0.5, 0.6) is 5.75 Å². The number of benzene rings is 1. The van der Waals surface area contributed by atoms with Crippen molar-refractivity contribution in [2.75, 3.05) is 26.2 Å². The Kier molecular flexibility index (Phi) is 4.22. The molecule has 4 rings (SSSR count). The first-order valence-electron chi connectivity index (χ1n) is 8.42. The number of amides is 1. The Hall–Kier alpha value is -1.95. The molecule has 0 saturated carbocycles. The number of nitrogens with one attached hydrogen (secondary N) is 1. The lowest BCUT2D eigenvalue weighted by Gasteiger charge is -2.15. The van der Waals surface area contributed by atoms with Gasteiger partial charge in [-0.3, -0.25) is 9.79 Å². The molecule has 1 unspecified atom stereocenters. The van der Waals surface area contributed by atoms with Gasteiger partial charge in [0.1, 0.15) is 5.75 Å². The molecule has 1 aromatic carbocycles. The second-order valence-corrected chi connectivity index (χ2v) is 7.34. The number of rotatable bonds is 3. The average molecular weight is 343 g/mol. The summed E-state index contributed by atoms with van der Waals surface area (Å²) in [4.78, 5) is 19.9. The molecule has 24 heavy (non-hydrogen) atoms. The molecule has 0 bridgehead atoms. The number of ether oxygens (including phenoxy) is 1. The molecule has 0 radical (unpaired) electrons. The molecule has 3 aliphatic heterocycles. The maximum Gasteiger partial charge on any atom is 0.259 e. The zero-order valence-electron chi connectivity index (χ0n) is 13.7. The van der Waals surface area contributed by atoms with Crippen molar-refractivity contribution in [1.29, 1.82) is 0 Å². The predicted molar refractivity (Wildman–Crippen MR) is 96.1 cm³/mol. The molecule has 3 heterocycles. The lowest BCUT2D eigenvalue weighted by Crippen LogP contribution is -2.31. The fourth-order valence-electron chi connectivity index (χ4n) is 3.38. The molecule has 126 valence electrons. The fraction of sp³-hybridized carbons (Fsp3) is 0.444. The molecule has 0 aliphatic carbocycles. The van der Waals surface area contributed by atoms with Crippen molar-refractivity contribution in [2.24, 2.45) is 10.9 Å². The Morgan fingerprint density at radius 3 is 3.21 bits per heavy atom. The number of thioether (sulfide) groups is 1. The number of para-hydroxylation sites is 1. The van der Waals surface area contributed by atoms with Crippen LogP contribution < -0.4 is 10.1 Å². The average Bonchev–Trinajstić information content (AvgIpc) is 3.09. The summed E-state index contributed by atoms with van der Waals surface area (Å²) in [5.74, 6) is 1.41. The number of hydrogen-bond acceptors (Lipinski definition) is 5. The lowest BCUT2D eigenvalue weighted by molar-refractivity contribution is -0.117. The molecule has 1 amide bonds. The van der Waals surface area contributed by atoms with Crippen LogP contribution in [0.4, 0.5) is 0 Å². The van der Waals surface area contributed by atoms with Gasteiger partial charge in [0.05, 0.1) is 18.1 Å². The molecule has 0 saturated heterocycles. The monoisotopic (exact) mass is 343 g/mol. The van der Waals surface area contributed by atoms with Crippen LogP contribution in [0, 0.1) is 5.92 Å². The van der Waals surface area contributed by atoms with Crippen LogP contribution in [-0.2, 0) is 11.2 Å². The first kappa shape index (κ1) is 15.6. The van der Waals surface area contributed by atoms with E-state index in [1.165, 1.54) is 17.3 Å². The van der Waals surface area contributed by atoms with Gasteiger partial charge in [-0.15, -0.1) is 0 Å². The Morgan fingerprint density at radius 2 is 2.33 bits per heavy atom. The summed E-state index contributed by atoms with van der Waals surface area (Å²) >= 11 is 1.50. The molecule has 6 heteroatoms. The van der Waals surface area contributed by atoms with E-state index in [2.05, 4.69) is 21.3 Å². The molecule has 1 aromatic rings. The second kappa shape index (κ2) is 6.51. The van der Waals surface area contributed by atoms with Crippen LogP contribution in [0.1, 0.15) is 18.9 Å². The zero-order chi connectivity index (χ0) is 16.5. The van der Waals surface area contributed by atoms with E-state index < -0.39 is 0 Å². The van der Waals surface area contributed by atoms with Crippen molar-refractivity contribution >= 4 is 22.8 Å². The number of carbonyl (C=O) groups is 1. The number of aliphatic imine (C=N–C) groups is 1. The van der Waals surface area contributed by atoms with E-state index in [1.54, 1.807) is 0 Å². The van der Waals surface area contributed by atoms with Gasteiger partial charge in [-0.1, -0.05) is 18.2 Å². The zero-order valence-corrected chi connectivity index (χ0v) is 14.6. The molecule has 3 aliphatic rings. The van der Waals surface area contributed by atoms with E-state index in [9.17, 15) is 4.79 Å². The molecule has 0 fully saturated rings. The molecular weight excluding hydrogens is 322 g/mol. The predicted octanol–water partition coefficient (Wildman–Crippen LogP) is 2.39. The first-order valence-corrected chi connectivity index (χ1v) is 9.23. The fourth-order valence-corrected chi connectivity index (χ4v) is 4.48. The quantitative estimate of drug-likeness (QED) is 0.916. The summed E-state index contributed by atoms with van der Waals surface area (Å²) in [6.07, 6.45) is 1.90. The number of carbonyl (C=O) groups excluding carboxylic acids is 1. The van der Waals surface area contributed by atoms with Crippen molar-refractivity contribution in [1.82, 2.24) is 10.2 Å². The van der Waals surface area contributed by atoms with Gasteiger partial charge in [-0.05, 0) is 49.1 Å². The van der Waals surface area contributed by atoms with Crippen LogP contribution >= 0.6 is 11.8 Å². The van der Waals surface area contributed by atoms with E-state index in [-0.39, 0.29) is 5.91 Å². The maximum absolute atomic E-state index is 12.6. The molecule has 0 aromatic heterocycles. The third kappa shape index (κ3) is 2.90. The van der Waals surface area contributed by atoms with Crippen LogP contribution in [0.15, 0.2) is 39.9 Å². The van der Waals surface area contributed by atoms with Crippen molar-refractivity contribution < 1.29 is 9.53 Å². The van der Waals surface area contributed by atoms with Gasteiger partial charge in [-0.2, -0.15) is 0 Å². The van der Waals surface area contributed by atoms with Gasteiger partial charge in [0.15, 0.2) is 5.17 Å². The minimum absolute atomic E-state index is 0.0213. The van der Waals surface area contributed by atoms with E-state index >= 15 is 0 Å². The molecule has 1 atom stereocenters. The van der Waals surface area contributed by atoms with Crippen molar-refractivity contribution in [2.45, 2.75) is 19.8 Å². The Labute approximate surface area is 146 Å². The highest BCUT2D eigenvalue weighted by Crippen LogP contribution is 2.36. The van der Waals surface area contributed by atoms with E-state index in [0.717, 1.165) is 47.5 Å². The van der Waals surface area contributed by atoms with Crippen LogP contribution in [0.25, 0.3) is 0 Å². The van der Waals surface area contributed by atoms with Gasteiger partial charge < -0.3 is 15.0 Å². The first-order chi connectivity index (χ1) is 11.7. The summed E-state index contributed by atoms with van der Waals surface area (Å²) in [6, 6.07) is 8.18. The van der Waals surface area contributed by atoms with Gasteiger partial charge in [0.25, 0.3) is 5.91 Å². The highest BCUT2D eigenvalue weighted by molar-refractivity contribution is 8.18. The van der Waals surface area contributed by atoms with Gasteiger partial charge >= 0.3 is 0 Å². The van der Waals surface area contributed by atoms with Gasteiger partial charge in [0, 0.05) is 18.8 Å². The minimum Gasteiger partial charge on any atom is -0.493 e. The summed E-state index contributed by atoms with van der Waals surface area (Å²) in [5.41, 5.74) is 2.26. The summed E-state index contributed by atoms with van der Waals surface area (Å²) in [7, 11) is 0. The third-order valence-corrected chi connectivity index (χ3v) is 5.97. The normalized spacial score (nSPS) is 22.5. The standard InChI is InChI=1S/C18H21N3O2S/c1-12-16(24-18-19-7-8-21(12)18)17(22)20-11-13-6-9-23-15-5-3-2-4-14(15)10-13/h2-5,13H,6-11H2,1H3,(H,20,22). The Bertz CT molecular complexity index is 729. The van der Waals surface area contributed by atoms with Crippen LogP contribution in [0.2, 0.25) is 0 Å². The Morgan fingerprint density at radius 1 is 1.46 bits per heavy atom. The minimum atomic E-state index is 0.0213. The van der Waals surface area contributed by atoms with E-state index in [4.69, 9.17) is 4.74 Å². The van der Waals surface area contributed by atoms with Crippen molar-refractivity contribution in [3.63, 3.8) is 0 Å². The molecular formula is C18H21N3O2S. The highest BCUT2D eigenvalue weighted by Gasteiger charge is 2.33. The number of nitrogens with zero attached hydrogens (tertiary/aromatic N) is 2. The summed E-state index contributed by atoms with van der Waals surface area (Å²) < 4.78 is 5.80. The summed E-state index contributed by atoms with van der Waals surface area (Å²) in [6.45, 7) is 5.11. The number of fused-ring (bicyclic) bond motifs is 2. The maximum atomic E-state index is 12.6. The van der Waals surface area contributed by atoms with Crippen molar-refractivity contribution in [3.05, 3.63) is 40.4 Å². The molecule has 0 spiro atoms. The number of hydrogen-bond donors (Lipinski definition) is 1. The molecule has 1 N–H and O–H groups in total. The van der Waals surface area contributed by atoms with Gasteiger partial charge in [-0.25, -0.2) is 0 Å². The van der Waals surface area contributed by atoms with Crippen LogP contribution in [-0.4, -0.2) is 42.2 Å². The summed E-state index contributed by atoms with van der Waals surface area (Å²) in [5, 5.41) is 4.08. The van der Waals surface area contributed by atoms with E-state index in [1.807, 2.05) is 25.1 Å². The highest BCUT2D eigenvalue weighted by atomic mass is 32.2. The van der Waals surface area contributed by atoms with Crippen molar-refractivity contribution in [3.8, 4) is 5.75 Å². The largest absolute Gasteiger partial charge is 0.493 e. The second-order valence-electron chi connectivity index (χ2n) is 6.36. The topological polar surface area (TPSA) is 53.9 Å². The SMILES string of the molecule is CC1=C(C(=O)NCC2CCOc3ccccc3C2)SC2=NCCN21.